The van der Waals surface area contributed by atoms with Crippen LogP contribution in [0, 0.1) is 11.6 Å². The normalized spacial score (nSPS) is 13.7. The van der Waals surface area contributed by atoms with Crippen LogP contribution >= 0.6 is 0 Å². The van der Waals surface area contributed by atoms with Gasteiger partial charge >= 0.3 is 0 Å². The Kier molecular flexibility index (Phi) is 1.85. The van der Waals surface area contributed by atoms with Crippen LogP contribution in [-0.4, -0.2) is 0 Å². The zero-order valence-corrected chi connectivity index (χ0v) is 8.37. The molecule has 80 valence electrons. The van der Waals surface area contributed by atoms with Gasteiger partial charge in [-0.2, -0.15) is 0 Å². The van der Waals surface area contributed by atoms with Gasteiger partial charge in [-0.05, 0) is 46.5 Å². The molecule has 0 heterocycles. The van der Waals surface area contributed by atoms with Crippen molar-refractivity contribution in [3.8, 4) is 11.1 Å². The molecule has 1 aliphatic carbocycles. The molecule has 2 aromatic rings. The summed E-state index contributed by atoms with van der Waals surface area (Å²) in [5.74, 6) is -0.634. The van der Waals surface area contributed by atoms with Gasteiger partial charge in [0, 0.05) is 0 Å². The van der Waals surface area contributed by atoms with Crippen molar-refractivity contribution in [3.63, 3.8) is 0 Å². The average Bonchev–Trinajstić information content (AvgIpc) is 2.53. The molecule has 0 fully saturated rings. The van der Waals surface area contributed by atoms with Crippen molar-refractivity contribution in [1.82, 2.24) is 0 Å². The topological polar surface area (TPSA) is 26.0 Å². The molecule has 1 aliphatic rings. The molecule has 3 rings (SSSR count). The molecule has 0 amide bonds. The number of halogens is 2. The van der Waals surface area contributed by atoms with E-state index in [0.29, 0.717) is 0 Å². The molecule has 0 bridgehead atoms. The maximum Gasteiger partial charge on any atom is 0.123 e. The van der Waals surface area contributed by atoms with Crippen molar-refractivity contribution in [2.45, 2.75) is 6.04 Å². The van der Waals surface area contributed by atoms with Gasteiger partial charge in [0.1, 0.15) is 11.6 Å². The van der Waals surface area contributed by atoms with Crippen LogP contribution in [0.4, 0.5) is 8.78 Å². The quantitative estimate of drug-likeness (QED) is 0.721. The zero-order chi connectivity index (χ0) is 11.3. The van der Waals surface area contributed by atoms with Gasteiger partial charge in [0.05, 0.1) is 6.04 Å². The highest BCUT2D eigenvalue weighted by Crippen LogP contribution is 2.42. The van der Waals surface area contributed by atoms with Crippen molar-refractivity contribution < 1.29 is 8.78 Å². The van der Waals surface area contributed by atoms with Crippen molar-refractivity contribution >= 4 is 0 Å². The standard InChI is InChI=1S/C13H9F2N/c14-7-1-3-9-10-4-2-8(15)6-12(10)13(16)11(9)5-7/h1-6,13H,16H2. The van der Waals surface area contributed by atoms with Gasteiger partial charge in [-0.15, -0.1) is 0 Å². The minimum Gasteiger partial charge on any atom is -0.320 e. The smallest absolute Gasteiger partial charge is 0.123 e. The summed E-state index contributed by atoms with van der Waals surface area (Å²) in [6, 6.07) is 8.56. The Balaban J connectivity index is 2.30. The van der Waals surface area contributed by atoms with Crippen LogP contribution < -0.4 is 5.73 Å². The Labute approximate surface area is 91.5 Å². The fourth-order valence-electron chi connectivity index (χ4n) is 2.24. The van der Waals surface area contributed by atoms with Crippen LogP contribution in [0.15, 0.2) is 36.4 Å². The van der Waals surface area contributed by atoms with Gasteiger partial charge in [0.2, 0.25) is 0 Å². The van der Waals surface area contributed by atoms with Crippen LogP contribution in [-0.2, 0) is 0 Å². The molecular formula is C13H9F2N. The second kappa shape index (κ2) is 3.12. The summed E-state index contributed by atoms with van der Waals surface area (Å²) >= 11 is 0. The highest BCUT2D eigenvalue weighted by Gasteiger charge is 2.26. The molecule has 3 heteroatoms. The predicted octanol–water partition coefficient (Wildman–Crippen LogP) is 2.99. The first-order valence-corrected chi connectivity index (χ1v) is 5.01. The predicted molar refractivity (Wildman–Crippen MR) is 57.8 cm³/mol. The summed E-state index contributed by atoms with van der Waals surface area (Å²) in [4.78, 5) is 0. The third-order valence-corrected chi connectivity index (χ3v) is 2.99. The van der Waals surface area contributed by atoms with Gasteiger partial charge in [-0.3, -0.25) is 0 Å². The van der Waals surface area contributed by atoms with E-state index in [-0.39, 0.29) is 11.6 Å². The van der Waals surface area contributed by atoms with E-state index in [0.717, 1.165) is 22.3 Å². The SMILES string of the molecule is NC1c2cc(F)ccc2-c2ccc(F)cc21. The molecule has 2 aromatic carbocycles. The Morgan fingerprint density at radius 1 is 0.812 bits per heavy atom. The van der Waals surface area contributed by atoms with E-state index < -0.39 is 6.04 Å². The summed E-state index contributed by atoms with van der Waals surface area (Å²) in [5.41, 5.74) is 9.19. The van der Waals surface area contributed by atoms with Crippen molar-refractivity contribution in [3.05, 3.63) is 59.2 Å². The molecular weight excluding hydrogens is 208 g/mol. The number of hydrogen-bond acceptors (Lipinski definition) is 1. The summed E-state index contributed by atoms with van der Waals surface area (Å²) in [6.07, 6.45) is 0. The first-order valence-electron chi connectivity index (χ1n) is 5.01. The van der Waals surface area contributed by atoms with Gasteiger partial charge in [0.15, 0.2) is 0 Å². The average molecular weight is 217 g/mol. The number of benzene rings is 2. The summed E-state index contributed by atoms with van der Waals surface area (Å²) in [5, 5.41) is 0. The van der Waals surface area contributed by atoms with E-state index in [9.17, 15) is 8.78 Å². The number of fused-ring (bicyclic) bond motifs is 3. The molecule has 0 unspecified atom stereocenters. The summed E-state index contributed by atoms with van der Waals surface area (Å²) in [7, 11) is 0. The lowest BCUT2D eigenvalue weighted by atomic mass is 10.1. The van der Waals surface area contributed by atoms with Crippen LogP contribution in [0.25, 0.3) is 11.1 Å². The third-order valence-electron chi connectivity index (χ3n) is 2.99. The molecule has 0 spiro atoms. The van der Waals surface area contributed by atoms with Gasteiger partial charge in [0.25, 0.3) is 0 Å². The second-order valence-electron chi connectivity index (χ2n) is 3.94. The Morgan fingerprint density at radius 2 is 1.25 bits per heavy atom. The fourth-order valence-corrected chi connectivity index (χ4v) is 2.24. The molecule has 0 saturated carbocycles. The maximum absolute atomic E-state index is 13.1. The van der Waals surface area contributed by atoms with E-state index in [4.69, 9.17) is 5.73 Å². The first kappa shape index (κ1) is 9.48. The third kappa shape index (κ3) is 1.18. The highest BCUT2D eigenvalue weighted by molar-refractivity contribution is 5.78. The number of hydrogen-bond donors (Lipinski definition) is 1. The zero-order valence-electron chi connectivity index (χ0n) is 8.37. The van der Waals surface area contributed by atoms with Crippen molar-refractivity contribution in [2.75, 3.05) is 0 Å². The lowest BCUT2D eigenvalue weighted by Crippen LogP contribution is -2.08. The largest absolute Gasteiger partial charge is 0.320 e. The van der Waals surface area contributed by atoms with Crippen molar-refractivity contribution in [2.24, 2.45) is 5.73 Å². The van der Waals surface area contributed by atoms with Crippen LogP contribution in [0.1, 0.15) is 17.2 Å². The first-order chi connectivity index (χ1) is 7.66. The molecule has 16 heavy (non-hydrogen) atoms. The maximum atomic E-state index is 13.1. The number of rotatable bonds is 0. The molecule has 0 saturated heterocycles. The van der Waals surface area contributed by atoms with Crippen LogP contribution in [0.2, 0.25) is 0 Å². The molecule has 0 aliphatic heterocycles. The summed E-state index contributed by atoms with van der Waals surface area (Å²) < 4.78 is 26.2. The molecule has 0 aromatic heterocycles. The van der Waals surface area contributed by atoms with E-state index in [2.05, 4.69) is 0 Å². The molecule has 2 N–H and O–H groups in total. The van der Waals surface area contributed by atoms with Crippen LogP contribution in [0.5, 0.6) is 0 Å². The second-order valence-corrected chi connectivity index (χ2v) is 3.94. The van der Waals surface area contributed by atoms with E-state index in [1.54, 1.807) is 12.1 Å². The van der Waals surface area contributed by atoms with Gasteiger partial charge < -0.3 is 5.73 Å². The molecule has 1 nitrogen and oxygen atoms in total. The van der Waals surface area contributed by atoms with Crippen LogP contribution in [0.3, 0.4) is 0 Å². The minimum absolute atomic E-state index is 0.317. The van der Waals surface area contributed by atoms with E-state index in [1.165, 1.54) is 24.3 Å². The van der Waals surface area contributed by atoms with Crippen molar-refractivity contribution in [1.29, 1.82) is 0 Å². The Hall–Kier alpha value is -1.74. The monoisotopic (exact) mass is 217 g/mol. The van der Waals surface area contributed by atoms with Gasteiger partial charge in [-0.25, -0.2) is 8.78 Å². The van der Waals surface area contributed by atoms with E-state index >= 15 is 0 Å². The Morgan fingerprint density at radius 3 is 1.69 bits per heavy atom. The molecule has 0 atom stereocenters. The lowest BCUT2D eigenvalue weighted by molar-refractivity contribution is 0.622. The number of nitrogens with two attached hydrogens (primary N) is 1. The van der Waals surface area contributed by atoms with E-state index in [1.807, 2.05) is 0 Å². The minimum atomic E-state index is -0.434. The Bertz CT molecular complexity index is 527. The highest BCUT2D eigenvalue weighted by atomic mass is 19.1. The fraction of sp³-hybridized carbons (Fsp3) is 0.0769. The lowest BCUT2D eigenvalue weighted by Gasteiger charge is -2.05. The molecule has 0 radical (unpaired) electrons. The van der Waals surface area contributed by atoms with Gasteiger partial charge in [-0.1, -0.05) is 12.1 Å². The summed E-state index contributed by atoms with van der Waals surface area (Å²) in [6.45, 7) is 0.